The molecule has 1 amide bonds. The summed E-state index contributed by atoms with van der Waals surface area (Å²) < 4.78 is 0. The molecule has 0 saturated carbocycles. The van der Waals surface area contributed by atoms with E-state index in [1.54, 1.807) is 23.1 Å². The molecule has 3 heterocycles. The van der Waals surface area contributed by atoms with Gasteiger partial charge in [-0.2, -0.15) is 11.3 Å². The zero-order chi connectivity index (χ0) is 25.5. The van der Waals surface area contributed by atoms with Crippen molar-refractivity contribution in [3.63, 3.8) is 0 Å². The Bertz CT molecular complexity index is 1090. The number of carbonyl (C=O) groups excluding carboxylic acids is 1. The van der Waals surface area contributed by atoms with E-state index in [2.05, 4.69) is 79.4 Å². The second-order valence-electron chi connectivity index (χ2n) is 9.54. The van der Waals surface area contributed by atoms with Gasteiger partial charge in [0.05, 0.1) is 17.0 Å². The number of hydrogen-bond acceptors (Lipinski definition) is 7. The summed E-state index contributed by atoms with van der Waals surface area (Å²) >= 11 is 3.55. The Kier molecular flexibility index (Phi) is 9.40. The molecule has 0 radical (unpaired) electrons. The monoisotopic (exact) mass is 523 g/mol. The molecular weight excluding hydrogens is 486 g/mol. The summed E-state index contributed by atoms with van der Waals surface area (Å²) in [6.45, 7) is 9.75. The predicted octanol–water partition coefficient (Wildman–Crippen LogP) is 5.56. The molecule has 1 N–H and O–H groups in total. The van der Waals surface area contributed by atoms with Crippen LogP contribution >= 0.6 is 23.1 Å². The fourth-order valence-corrected chi connectivity index (χ4v) is 6.08. The average Bonchev–Trinajstić information content (AvgIpc) is 3.41. The molecule has 1 saturated heterocycles. The van der Waals surface area contributed by atoms with Crippen molar-refractivity contribution in [2.75, 3.05) is 30.8 Å². The minimum absolute atomic E-state index is 0.0759. The van der Waals surface area contributed by atoms with Crippen molar-refractivity contribution in [3.8, 4) is 0 Å². The Balaban J connectivity index is 1.31. The van der Waals surface area contributed by atoms with Crippen molar-refractivity contribution in [2.24, 2.45) is 0 Å². The van der Waals surface area contributed by atoms with Gasteiger partial charge in [0.25, 0.3) is 5.91 Å². The minimum atomic E-state index is -0.0759. The zero-order valence-corrected chi connectivity index (χ0v) is 23.4. The number of thioether (sulfide) groups is 1. The Labute approximate surface area is 223 Å². The van der Waals surface area contributed by atoms with Gasteiger partial charge in [-0.3, -0.25) is 4.79 Å². The van der Waals surface area contributed by atoms with Gasteiger partial charge in [-0.05, 0) is 92.9 Å². The number of carbonyl (C=O) groups is 1. The van der Waals surface area contributed by atoms with E-state index < -0.39 is 0 Å². The molecule has 0 unspecified atom stereocenters. The van der Waals surface area contributed by atoms with Crippen LogP contribution in [0.25, 0.3) is 0 Å². The first-order valence-corrected chi connectivity index (χ1v) is 14.8. The summed E-state index contributed by atoms with van der Waals surface area (Å²) in [5, 5.41) is 7.51. The number of anilines is 1. The van der Waals surface area contributed by atoms with Crippen LogP contribution in [-0.2, 0) is 6.54 Å². The molecule has 1 atom stereocenters. The lowest BCUT2D eigenvalue weighted by molar-refractivity contribution is 0.0943. The first-order valence-electron chi connectivity index (χ1n) is 12.7. The Morgan fingerprint density at radius 2 is 1.86 bits per heavy atom. The molecule has 0 aliphatic carbocycles. The quantitative estimate of drug-likeness (QED) is 0.351. The van der Waals surface area contributed by atoms with Crippen molar-refractivity contribution in [3.05, 3.63) is 69.9 Å². The molecule has 0 bridgehead atoms. The highest BCUT2D eigenvalue weighted by atomic mass is 32.2. The average molecular weight is 524 g/mol. The van der Waals surface area contributed by atoms with E-state index in [9.17, 15) is 4.79 Å². The van der Waals surface area contributed by atoms with E-state index in [4.69, 9.17) is 0 Å². The fraction of sp³-hybridized carbons (Fsp3) is 0.464. The number of piperidine rings is 1. The summed E-state index contributed by atoms with van der Waals surface area (Å²) in [7, 11) is 0. The lowest BCUT2D eigenvalue weighted by atomic mass is 9.99. The largest absolute Gasteiger partial charge is 0.364 e. The smallest absolute Gasteiger partial charge is 0.254 e. The van der Waals surface area contributed by atoms with Gasteiger partial charge < -0.3 is 15.1 Å². The number of nitrogens with one attached hydrogen (secondary N) is 1. The van der Waals surface area contributed by atoms with Gasteiger partial charge in [-0.25, -0.2) is 9.97 Å². The first-order chi connectivity index (χ1) is 17.5. The lowest BCUT2D eigenvalue weighted by Crippen LogP contribution is -2.48. The molecule has 3 aromatic rings. The molecule has 192 valence electrons. The summed E-state index contributed by atoms with van der Waals surface area (Å²) in [5.74, 6) is -0.0759. The van der Waals surface area contributed by atoms with Crippen molar-refractivity contribution < 1.29 is 4.79 Å². The van der Waals surface area contributed by atoms with Crippen LogP contribution in [0, 0.1) is 13.8 Å². The number of benzene rings is 1. The molecule has 0 spiro atoms. The lowest BCUT2D eigenvalue weighted by Gasteiger charge is -2.42. The summed E-state index contributed by atoms with van der Waals surface area (Å²) in [5.41, 5.74) is 4.75. The Morgan fingerprint density at radius 1 is 1.17 bits per heavy atom. The van der Waals surface area contributed by atoms with E-state index in [0.29, 0.717) is 24.2 Å². The van der Waals surface area contributed by atoms with Crippen molar-refractivity contribution in [2.45, 2.75) is 63.6 Å². The van der Waals surface area contributed by atoms with E-state index in [0.717, 1.165) is 50.3 Å². The molecule has 1 aromatic carbocycles. The second kappa shape index (κ2) is 12.7. The number of amides is 1. The fourth-order valence-electron chi connectivity index (χ4n) is 5.01. The van der Waals surface area contributed by atoms with Crippen LogP contribution < -0.4 is 10.2 Å². The first kappa shape index (κ1) is 26.6. The number of nitrogens with zero attached hydrogens (tertiary/aromatic N) is 4. The number of rotatable bonds is 10. The summed E-state index contributed by atoms with van der Waals surface area (Å²) in [6, 6.07) is 12.2. The van der Waals surface area contributed by atoms with Gasteiger partial charge in [0, 0.05) is 48.8 Å². The standard InChI is InChI=1S/C28H37N5OS2/c1-20(9-13-29-28(34)27-21(2)30-19-31-22(27)3)32-14-10-25(11-15-32)33(17-23-12-16-36-18-23)24-5-7-26(35-4)8-6-24/h5-8,12,16,18-20,25H,9-11,13-15,17H2,1-4H3,(H,29,34)/t20-/m1/s1. The maximum absolute atomic E-state index is 12.7. The highest BCUT2D eigenvalue weighted by Gasteiger charge is 2.27. The van der Waals surface area contributed by atoms with E-state index in [-0.39, 0.29) is 5.91 Å². The summed E-state index contributed by atoms with van der Waals surface area (Å²) in [4.78, 5) is 27.5. The normalized spacial score (nSPS) is 15.6. The van der Waals surface area contributed by atoms with Crippen LogP contribution in [0.2, 0.25) is 0 Å². The molecule has 8 heteroatoms. The number of likely N-dealkylation sites (tertiary alicyclic amines) is 1. The highest BCUT2D eigenvalue weighted by Crippen LogP contribution is 2.29. The van der Waals surface area contributed by atoms with E-state index in [1.165, 1.54) is 22.5 Å². The third kappa shape index (κ3) is 6.66. The molecule has 6 nitrogen and oxygen atoms in total. The van der Waals surface area contributed by atoms with Gasteiger partial charge in [0.1, 0.15) is 6.33 Å². The SMILES string of the molecule is CSc1ccc(N(Cc2ccsc2)C2CCN([C@H](C)CCNC(=O)c3c(C)ncnc3C)CC2)cc1. The van der Waals surface area contributed by atoms with Gasteiger partial charge in [-0.15, -0.1) is 11.8 Å². The molecule has 4 rings (SSSR count). The van der Waals surface area contributed by atoms with Crippen LogP contribution in [0.3, 0.4) is 0 Å². The van der Waals surface area contributed by atoms with Crippen molar-refractivity contribution >= 4 is 34.7 Å². The van der Waals surface area contributed by atoms with Gasteiger partial charge in [0.2, 0.25) is 0 Å². The van der Waals surface area contributed by atoms with Crippen LogP contribution in [0.1, 0.15) is 53.5 Å². The number of hydrogen-bond donors (Lipinski definition) is 1. The molecule has 2 aromatic heterocycles. The van der Waals surface area contributed by atoms with Gasteiger partial charge in [0.15, 0.2) is 0 Å². The van der Waals surface area contributed by atoms with Crippen LogP contribution in [0.15, 0.2) is 52.3 Å². The number of aromatic nitrogens is 2. The van der Waals surface area contributed by atoms with Crippen LogP contribution in [0.4, 0.5) is 5.69 Å². The molecule has 1 aliphatic rings. The summed E-state index contributed by atoms with van der Waals surface area (Å²) in [6.07, 6.45) is 6.85. The van der Waals surface area contributed by atoms with E-state index in [1.807, 2.05) is 13.8 Å². The Morgan fingerprint density at radius 3 is 2.47 bits per heavy atom. The minimum Gasteiger partial charge on any atom is -0.364 e. The topological polar surface area (TPSA) is 61.4 Å². The molecule has 1 aliphatic heterocycles. The van der Waals surface area contributed by atoms with Gasteiger partial charge >= 0.3 is 0 Å². The Hall–Kier alpha value is -2.42. The maximum atomic E-state index is 12.7. The number of aryl methyl sites for hydroxylation is 2. The second-order valence-corrected chi connectivity index (χ2v) is 11.2. The highest BCUT2D eigenvalue weighted by molar-refractivity contribution is 7.98. The third-order valence-electron chi connectivity index (χ3n) is 7.20. The van der Waals surface area contributed by atoms with Crippen molar-refractivity contribution in [1.29, 1.82) is 0 Å². The molecule has 1 fully saturated rings. The zero-order valence-electron chi connectivity index (χ0n) is 21.7. The van der Waals surface area contributed by atoms with Crippen LogP contribution in [0.5, 0.6) is 0 Å². The van der Waals surface area contributed by atoms with Crippen LogP contribution in [-0.4, -0.2) is 58.7 Å². The van der Waals surface area contributed by atoms with E-state index >= 15 is 0 Å². The molecular formula is C28H37N5OS2. The maximum Gasteiger partial charge on any atom is 0.254 e. The number of thiophene rings is 1. The molecule has 36 heavy (non-hydrogen) atoms. The van der Waals surface area contributed by atoms with Crippen molar-refractivity contribution in [1.82, 2.24) is 20.2 Å². The third-order valence-corrected chi connectivity index (χ3v) is 8.68. The van der Waals surface area contributed by atoms with Gasteiger partial charge in [-0.1, -0.05) is 0 Å². The predicted molar refractivity (Wildman–Crippen MR) is 151 cm³/mol.